The van der Waals surface area contributed by atoms with Gasteiger partial charge in [0.1, 0.15) is 11.1 Å². The Morgan fingerprint density at radius 3 is 2.15 bits per heavy atom. The number of nitrogens with one attached hydrogen (secondary N) is 1. The molecule has 4 aliphatic rings. The molecule has 1 heterocycles. The fraction of sp³-hybridized carbons (Fsp3) is 0.875. The molecule has 1 saturated heterocycles. The largest absolute Gasteiger partial charge is 0.340 e. The summed E-state index contributed by atoms with van der Waals surface area (Å²) in [5.74, 6) is 1.63. The van der Waals surface area contributed by atoms with Gasteiger partial charge in [0.25, 0.3) is 0 Å². The van der Waals surface area contributed by atoms with Crippen molar-refractivity contribution in [3.05, 3.63) is 0 Å². The highest BCUT2D eigenvalue weighted by atomic mass is 16.2. The van der Waals surface area contributed by atoms with Gasteiger partial charge in [-0.25, -0.2) is 0 Å². The van der Waals surface area contributed by atoms with E-state index >= 15 is 0 Å². The van der Waals surface area contributed by atoms with Crippen molar-refractivity contribution in [2.75, 3.05) is 6.54 Å². The van der Waals surface area contributed by atoms with Crippen LogP contribution in [0.4, 0.5) is 0 Å². The monoisotopic (exact) mass is 276 g/mol. The van der Waals surface area contributed by atoms with Gasteiger partial charge in [0, 0.05) is 6.54 Å². The van der Waals surface area contributed by atoms with Crippen LogP contribution in [0, 0.1) is 17.8 Å². The second-order valence-corrected chi connectivity index (χ2v) is 7.71. The minimum atomic E-state index is -0.639. The lowest BCUT2D eigenvalue weighted by atomic mass is 9.81. The summed E-state index contributed by atoms with van der Waals surface area (Å²) in [7, 11) is 0. The maximum atomic E-state index is 13.1. The molecule has 3 saturated carbocycles. The highest BCUT2D eigenvalue weighted by Gasteiger charge is 2.63. The zero-order valence-corrected chi connectivity index (χ0v) is 12.4. The van der Waals surface area contributed by atoms with Crippen LogP contribution in [-0.2, 0) is 9.59 Å². The first-order valence-electron chi connectivity index (χ1n) is 8.11. The second-order valence-electron chi connectivity index (χ2n) is 7.71. The fourth-order valence-electron chi connectivity index (χ4n) is 3.85. The Morgan fingerprint density at radius 2 is 1.65 bits per heavy atom. The fourth-order valence-corrected chi connectivity index (χ4v) is 3.85. The topological polar surface area (TPSA) is 49.4 Å². The Balaban J connectivity index is 1.69. The number of carbonyl (C=O) groups is 2. The van der Waals surface area contributed by atoms with Crippen molar-refractivity contribution in [1.82, 2.24) is 10.2 Å². The number of rotatable bonds is 4. The van der Waals surface area contributed by atoms with Crippen molar-refractivity contribution in [3.63, 3.8) is 0 Å². The molecule has 20 heavy (non-hydrogen) atoms. The molecule has 2 amide bonds. The van der Waals surface area contributed by atoms with E-state index in [4.69, 9.17) is 0 Å². The molecule has 1 N–H and O–H groups in total. The molecule has 4 fully saturated rings. The zero-order valence-electron chi connectivity index (χ0n) is 12.4. The van der Waals surface area contributed by atoms with Crippen molar-refractivity contribution in [2.24, 2.45) is 17.8 Å². The van der Waals surface area contributed by atoms with Gasteiger partial charge in [0.2, 0.25) is 11.8 Å². The third kappa shape index (κ3) is 1.66. The Labute approximate surface area is 120 Å². The van der Waals surface area contributed by atoms with Crippen LogP contribution in [0.5, 0.6) is 0 Å². The molecule has 4 heteroatoms. The van der Waals surface area contributed by atoms with Gasteiger partial charge in [-0.3, -0.25) is 9.59 Å². The molecule has 0 bridgehead atoms. The predicted molar refractivity (Wildman–Crippen MR) is 74.8 cm³/mol. The van der Waals surface area contributed by atoms with Crippen LogP contribution >= 0.6 is 0 Å². The molecule has 2 unspecified atom stereocenters. The minimum absolute atomic E-state index is 0.0923. The Kier molecular flexibility index (Phi) is 2.39. The van der Waals surface area contributed by atoms with Crippen LogP contribution in [0.1, 0.15) is 52.4 Å². The summed E-state index contributed by atoms with van der Waals surface area (Å²) in [5.41, 5.74) is -1.23. The van der Waals surface area contributed by atoms with Crippen molar-refractivity contribution in [3.8, 4) is 0 Å². The van der Waals surface area contributed by atoms with E-state index in [0.29, 0.717) is 17.8 Å². The third-order valence-electron chi connectivity index (χ3n) is 5.99. The van der Waals surface area contributed by atoms with Gasteiger partial charge in [-0.15, -0.1) is 0 Å². The van der Waals surface area contributed by atoms with E-state index in [0.717, 1.165) is 32.2 Å². The summed E-state index contributed by atoms with van der Waals surface area (Å²) in [6.45, 7) is 4.73. The molecule has 0 aromatic heterocycles. The molecule has 4 rings (SSSR count). The number of hydrogen-bond acceptors (Lipinski definition) is 2. The van der Waals surface area contributed by atoms with Crippen LogP contribution in [0.15, 0.2) is 0 Å². The van der Waals surface area contributed by atoms with Crippen LogP contribution in [0.3, 0.4) is 0 Å². The summed E-state index contributed by atoms with van der Waals surface area (Å²) >= 11 is 0. The average molecular weight is 276 g/mol. The number of carbonyl (C=O) groups excluding carboxylic acids is 2. The lowest BCUT2D eigenvalue weighted by molar-refractivity contribution is -0.164. The molecular formula is C16H24N2O2. The van der Waals surface area contributed by atoms with E-state index in [9.17, 15) is 9.59 Å². The first kappa shape index (κ1) is 12.7. The average Bonchev–Trinajstić information content (AvgIpc) is 3.30. The normalized spacial score (nSPS) is 41.8. The van der Waals surface area contributed by atoms with E-state index in [1.165, 1.54) is 12.8 Å². The molecule has 2 atom stereocenters. The second kappa shape index (κ2) is 3.77. The molecule has 0 aromatic rings. The Hall–Kier alpha value is -1.06. The quantitative estimate of drug-likeness (QED) is 0.849. The molecule has 1 aliphatic heterocycles. The van der Waals surface area contributed by atoms with Gasteiger partial charge >= 0.3 is 0 Å². The van der Waals surface area contributed by atoms with Crippen molar-refractivity contribution < 1.29 is 9.59 Å². The van der Waals surface area contributed by atoms with E-state index in [2.05, 4.69) is 5.32 Å². The lowest BCUT2D eigenvalue weighted by Crippen LogP contribution is -2.75. The molecular weight excluding hydrogens is 252 g/mol. The van der Waals surface area contributed by atoms with Crippen LogP contribution in [-0.4, -0.2) is 34.3 Å². The standard InChI is InChI=1S/C16H24N2O2/c1-15(11-5-6-11)14(20)18(9-10-3-4-10)16(2,12-7-8-12)13(19)17-15/h10-12H,3-9H2,1-2H3,(H,17,19). The highest BCUT2D eigenvalue weighted by molar-refractivity contribution is 6.02. The van der Waals surface area contributed by atoms with Crippen LogP contribution in [0.25, 0.3) is 0 Å². The Morgan fingerprint density at radius 1 is 1.05 bits per heavy atom. The van der Waals surface area contributed by atoms with Crippen molar-refractivity contribution >= 4 is 11.8 Å². The van der Waals surface area contributed by atoms with Gasteiger partial charge in [-0.1, -0.05) is 0 Å². The summed E-state index contributed by atoms with van der Waals surface area (Å²) in [5, 5.41) is 3.11. The van der Waals surface area contributed by atoms with Gasteiger partial charge in [-0.2, -0.15) is 0 Å². The molecule has 0 spiro atoms. The third-order valence-corrected chi connectivity index (χ3v) is 5.99. The summed E-state index contributed by atoms with van der Waals surface area (Å²) in [6, 6.07) is 0. The zero-order chi connectivity index (χ0) is 14.1. The maximum absolute atomic E-state index is 13.1. The predicted octanol–water partition coefficient (Wildman–Crippen LogP) is 1.69. The number of nitrogens with zero attached hydrogens (tertiary/aromatic N) is 1. The first-order chi connectivity index (χ1) is 9.46. The van der Waals surface area contributed by atoms with E-state index in [1.807, 2.05) is 18.7 Å². The van der Waals surface area contributed by atoms with E-state index in [1.54, 1.807) is 0 Å². The van der Waals surface area contributed by atoms with Gasteiger partial charge in [0.05, 0.1) is 0 Å². The van der Waals surface area contributed by atoms with Gasteiger partial charge in [0.15, 0.2) is 0 Å². The maximum Gasteiger partial charge on any atom is 0.249 e. The van der Waals surface area contributed by atoms with E-state index < -0.39 is 11.1 Å². The molecule has 0 aromatic carbocycles. The molecule has 110 valence electrons. The molecule has 3 aliphatic carbocycles. The molecule has 4 nitrogen and oxygen atoms in total. The number of amides is 2. The molecule has 0 radical (unpaired) electrons. The van der Waals surface area contributed by atoms with Crippen LogP contribution < -0.4 is 5.32 Å². The van der Waals surface area contributed by atoms with Crippen molar-refractivity contribution in [1.29, 1.82) is 0 Å². The summed E-state index contributed by atoms with van der Waals surface area (Å²) < 4.78 is 0. The first-order valence-corrected chi connectivity index (χ1v) is 8.11. The van der Waals surface area contributed by atoms with Gasteiger partial charge < -0.3 is 10.2 Å². The summed E-state index contributed by atoms with van der Waals surface area (Å²) in [4.78, 5) is 27.9. The van der Waals surface area contributed by atoms with E-state index in [-0.39, 0.29) is 11.8 Å². The smallest absolute Gasteiger partial charge is 0.249 e. The lowest BCUT2D eigenvalue weighted by Gasteiger charge is -2.51. The van der Waals surface area contributed by atoms with Crippen LogP contribution in [0.2, 0.25) is 0 Å². The summed E-state index contributed by atoms with van der Waals surface area (Å²) in [6.07, 6.45) is 6.73. The SMILES string of the molecule is CC1(C2CC2)NC(=O)C(C)(C2CC2)N(CC2CC2)C1=O. The number of hydrogen-bond donors (Lipinski definition) is 1. The van der Waals surface area contributed by atoms with Gasteiger partial charge in [-0.05, 0) is 70.1 Å². The highest BCUT2D eigenvalue weighted by Crippen LogP contribution is 2.50. The Bertz CT molecular complexity index is 479. The number of piperazine rings is 1. The minimum Gasteiger partial charge on any atom is -0.340 e. The van der Waals surface area contributed by atoms with Crippen molar-refractivity contribution in [2.45, 2.75) is 63.5 Å².